The molecule has 0 N–H and O–H groups in total. The monoisotopic (exact) mass is 244 g/mol. The van der Waals surface area contributed by atoms with Crippen LogP contribution in [0.1, 0.15) is 34.8 Å². The molecule has 1 rings (SSSR count). The summed E-state index contributed by atoms with van der Waals surface area (Å²) in [4.78, 5) is 14.3. The summed E-state index contributed by atoms with van der Waals surface area (Å²) in [5, 5.41) is 8.70. The van der Waals surface area contributed by atoms with Crippen LogP contribution in [0, 0.1) is 17.3 Å². The highest BCUT2D eigenvalue weighted by Gasteiger charge is 2.25. The standard InChI is InChI=1S/C10H7F3N2O2/c1-2-17-10(16)7-5(3-14)6(8(11)12)4-15-9(7)13/h4,8H,2H2,1H3. The number of halogens is 3. The Kier molecular flexibility index (Phi) is 4.04. The number of carbonyl (C=O) groups is 1. The number of hydrogen-bond donors (Lipinski definition) is 0. The molecular formula is C10H7F3N2O2. The third-order valence-electron chi connectivity index (χ3n) is 1.89. The third kappa shape index (κ3) is 2.53. The van der Waals surface area contributed by atoms with Crippen LogP contribution >= 0.6 is 0 Å². The van der Waals surface area contributed by atoms with E-state index in [-0.39, 0.29) is 6.61 Å². The molecule has 1 heterocycles. The molecule has 4 nitrogen and oxygen atoms in total. The van der Waals surface area contributed by atoms with Gasteiger partial charge in [0.15, 0.2) is 0 Å². The van der Waals surface area contributed by atoms with E-state index in [9.17, 15) is 18.0 Å². The minimum absolute atomic E-state index is 0.0674. The molecule has 0 aromatic carbocycles. The smallest absolute Gasteiger partial charge is 0.344 e. The Hall–Kier alpha value is -2.10. The van der Waals surface area contributed by atoms with Crippen LogP contribution in [0.15, 0.2) is 6.20 Å². The Labute approximate surface area is 94.6 Å². The van der Waals surface area contributed by atoms with Gasteiger partial charge in [-0.25, -0.2) is 18.6 Å². The quantitative estimate of drug-likeness (QED) is 0.604. The summed E-state index contributed by atoms with van der Waals surface area (Å²) in [6.07, 6.45) is -2.49. The van der Waals surface area contributed by atoms with Gasteiger partial charge in [0, 0.05) is 6.20 Å². The van der Waals surface area contributed by atoms with Crippen molar-refractivity contribution in [2.45, 2.75) is 13.3 Å². The van der Waals surface area contributed by atoms with Gasteiger partial charge < -0.3 is 4.74 Å². The molecule has 0 spiro atoms. The third-order valence-corrected chi connectivity index (χ3v) is 1.89. The van der Waals surface area contributed by atoms with Crippen molar-refractivity contribution >= 4 is 5.97 Å². The summed E-state index contributed by atoms with van der Waals surface area (Å²) in [5.41, 5.74) is -2.39. The number of ether oxygens (including phenoxy) is 1. The Bertz CT molecular complexity index is 483. The van der Waals surface area contributed by atoms with E-state index >= 15 is 0 Å². The van der Waals surface area contributed by atoms with Crippen molar-refractivity contribution in [2.24, 2.45) is 0 Å². The van der Waals surface area contributed by atoms with Gasteiger partial charge in [-0.05, 0) is 6.92 Å². The van der Waals surface area contributed by atoms with Crippen LogP contribution in [0.2, 0.25) is 0 Å². The average molecular weight is 244 g/mol. The van der Waals surface area contributed by atoms with Crippen molar-refractivity contribution < 1.29 is 22.7 Å². The summed E-state index contributed by atoms with van der Waals surface area (Å²) >= 11 is 0. The highest BCUT2D eigenvalue weighted by Crippen LogP contribution is 2.25. The molecule has 17 heavy (non-hydrogen) atoms. The van der Waals surface area contributed by atoms with Crippen LogP contribution in [0.5, 0.6) is 0 Å². The number of esters is 1. The number of nitrogens with zero attached hydrogens (tertiary/aromatic N) is 2. The molecule has 0 unspecified atom stereocenters. The SMILES string of the molecule is CCOC(=O)c1c(F)ncc(C(F)F)c1C#N. The normalized spacial score (nSPS) is 10.1. The van der Waals surface area contributed by atoms with Crippen LogP contribution in [0.3, 0.4) is 0 Å². The number of pyridine rings is 1. The predicted octanol–water partition coefficient (Wildman–Crippen LogP) is 2.21. The molecule has 0 aliphatic carbocycles. The van der Waals surface area contributed by atoms with E-state index in [1.54, 1.807) is 0 Å². The molecule has 1 aromatic heterocycles. The highest BCUT2D eigenvalue weighted by atomic mass is 19.3. The number of nitriles is 1. The van der Waals surface area contributed by atoms with E-state index in [0.717, 1.165) is 0 Å². The largest absolute Gasteiger partial charge is 0.462 e. The lowest BCUT2D eigenvalue weighted by Gasteiger charge is -2.08. The highest BCUT2D eigenvalue weighted by molar-refractivity contribution is 5.92. The molecule has 0 atom stereocenters. The molecule has 0 aliphatic heterocycles. The number of rotatable bonds is 3. The van der Waals surface area contributed by atoms with Crippen LogP contribution in [-0.4, -0.2) is 17.6 Å². The predicted molar refractivity (Wildman–Crippen MR) is 49.8 cm³/mol. The Morgan fingerprint density at radius 2 is 2.29 bits per heavy atom. The second-order valence-corrected chi connectivity index (χ2v) is 2.89. The van der Waals surface area contributed by atoms with Crippen LogP contribution < -0.4 is 0 Å². The summed E-state index contributed by atoms with van der Waals surface area (Å²) in [5.74, 6) is -2.49. The van der Waals surface area contributed by atoms with Crippen molar-refractivity contribution in [3.05, 3.63) is 28.8 Å². The molecule has 0 aliphatic rings. The lowest BCUT2D eigenvalue weighted by molar-refractivity contribution is 0.0518. The van der Waals surface area contributed by atoms with E-state index in [1.165, 1.54) is 13.0 Å². The van der Waals surface area contributed by atoms with Gasteiger partial charge >= 0.3 is 5.97 Å². The van der Waals surface area contributed by atoms with Gasteiger partial charge in [-0.2, -0.15) is 9.65 Å². The van der Waals surface area contributed by atoms with Gasteiger partial charge in [-0.1, -0.05) is 0 Å². The fourth-order valence-corrected chi connectivity index (χ4v) is 1.18. The van der Waals surface area contributed by atoms with Crippen LogP contribution in [0.25, 0.3) is 0 Å². The van der Waals surface area contributed by atoms with Crippen LogP contribution in [0.4, 0.5) is 13.2 Å². The van der Waals surface area contributed by atoms with Crippen molar-refractivity contribution in [2.75, 3.05) is 6.61 Å². The topological polar surface area (TPSA) is 63.0 Å². The Morgan fingerprint density at radius 1 is 1.65 bits per heavy atom. The maximum absolute atomic E-state index is 13.2. The lowest BCUT2D eigenvalue weighted by Crippen LogP contribution is -2.13. The van der Waals surface area contributed by atoms with Crippen molar-refractivity contribution in [1.82, 2.24) is 4.98 Å². The molecule has 0 amide bonds. The maximum atomic E-state index is 13.2. The van der Waals surface area contributed by atoms with Crippen molar-refractivity contribution in [3.63, 3.8) is 0 Å². The number of aromatic nitrogens is 1. The summed E-state index contributed by atoms with van der Waals surface area (Å²) < 4.78 is 42.7. The fourth-order valence-electron chi connectivity index (χ4n) is 1.18. The number of hydrogen-bond acceptors (Lipinski definition) is 4. The van der Waals surface area contributed by atoms with Crippen LogP contribution in [-0.2, 0) is 4.74 Å². The maximum Gasteiger partial charge on any atom is 0.344 e. The first-order chi connectivity index (χ1) is 8.02. The molecule has 0 radical (unpaired) electrons. The molecule has 7 heteroatoms. The van der Waals surface area contributed by atoms with Gasteiger partial charge in [0.05, 0.1) is 17.7 Å². The Morgan fingerprint density at radius 3 is 2.76 bits per heavy atom. The fraction of sp³-hybridized carbons (Fsp3) is 0.300. The van der Waals surface area contributed by atoms with Gasteiger partial charge in [-0.15, -0.1) is 0 Å². The van der Waals surface area contributed by atoms with E-state index in [2.05, 4.69) is 9.72 Å². The molecule has 0 bridgehead atoms. The van der Waals surface area contributed by atoms with Gasteiger partial charge in [0.1, 0.15) is 11.6 Å². The second-order valence-electron chi connectivity index (χ2n) is 2.89. The molecule has 0 fully saturated rings. The van der Waals surface area contributed by atoms with Crippen molar-refractivity contribution in [3.8, 4) is 6.07 Å². The van der Waals surface area contributed by atoms with Gasteiger partial charge in [0.2, 0.25) is 5.95 Å². The zero-order valence-electron chi connectivity index (χ0n) is 8.71. The van der Waals surface area contributed by atoms with E-state index in [1.807, 2.05) is 0 Å². The van der Waals surface area contributed by atoms with E-state index in [4.69, 9.17) is 5.26 Å². The number of carbonyl (C=O) groups excluding carboxylic acids is 1. The van der Waals surface area contributed by atoms with E-state index < -0.39 is 35.0 Å². The van der Waals surface area contributed by atoms with Gasteiger partial charge in [-0.3, -0.25) is 0 Å². The lowest BCUT2D eigenvalue weighted by atomic mass is 10.1. The molecule has 0 saturated carbocycles. The summed E-state index contributed by atoms with van der Waals surface area (Å²) in [6, 6.07) is 1.36. The minimum Gasteiger partial charge on any atom is -0.462 e. The molecule has 1 aromatic rings. The summed E-state index contributed by atoms with van der Waals surface area (Å²) in [7, 11) is 0. The molecule has 90 valence electrons. The first kappa shape index (κ1) is 13.0. The zero-order valence-corrected chi connectivity index (χ0v) is 8.71. The molecule has 0 saturated heterocycles. The summed E-state index contributed by atoms with van der Waals surface area (Å²) in [6.45, 7) is 1.40. The van der Waals surface area contributed by atoms with E-state index in [0.29, 0.717) is 6.20 Å². The zero-order chi connectivity index (χ0) is 13.0. The second kappa shape index (κ2) is 5.30. The molecular weight excluding hydrogens is 237 g/mol. The minimum atomic E-state index is -3.02. The number of alkyl halides is 2. The van der Waals surface area contributed by atoms with Gasteiger partial charge in [0.25, 0.3) is 6.43 Å². The first-order valence-electron chi connectivity index (χ1n) is 4.56. The van der Waals surface area contributed by atoms with Crippen molar-refractivity contribution in [1.29, 1.82) is 5.26 Å². The average Bonchev–Trinajstić information content (AvgIpc) is 2.28. The first-order valence-corrected chi connectivity index (χ1v) is 4.56. The Balaban J connectivity index is 3.42.